The predicted octanol–water partition coefficient (Wildman–Crippen LogP) is 12.5. The van der Waals surface area contributed by atoms with Gasteiger partial charge in [0.1, 0.15) is 38.0 Å². The normalized spacial score (nSPS) is 11.9. The smallest absolute Gasteiger partial charge is 0.481 e. The number of anilines is 2. The molecular weight excluding hydrogens is 1010 g/mol. The molecule has 0 amide bonds. The number of carboxylic acid groups (broad SMARTS) is 2. The Balaban J connectivity index is 0.000000260. The molecule has 0 aliphatic carbocycles. The van der Waals surface area contributed by atoms with Crippen molar-refractivity contribution in [1.29, 1.82) is 0 Å². The predicted molar refractivity (Wildman–Crippen MR) is 254 cm³/mol. The number of sulfonamides is 2. The van der Waals surface area contributed by atoms with Crippen LogP contribution in [0.3, 0.4) is 0 Å². The first-order valence-corrected chi connectivity index (χ1v) is 24.9. The van der Waals surface area contributed by atoms with Gasteiger partial charge >= 0.3 is 24.4 Å². The number of carboxylic acids is 2. The number of carbonyl (C=O) groups is 2. The van der Waals surface area contributed by atoms with Gasteiger partial charge in [0.15, 0.2) is 0 Å². The highest BCUT2D eigenvalue weighted by atomic mass is 32.2. The first-order chi connectivity index (χ1) is 32.2. The molecule has 0 fully saturated rings. The first kappa shape index (κ1) is 54.5. The Morgan fingerprint density at radius 1 is 0.657 bits per heavy atom. The minimum Gasteiger partial charge on any atom is -0.481 e. The summed E-state index contributed by atoms with van der Waals surface area (Å²) in [4.78, 5) is 20.9. The zero-order valence-electron chi connectivity index (χ0n) is 36.3. The number of alkyl halides is 5. The molecule has 7 rings (SSSR count). The topological polar surface area (TPSA) is 168 Å². The van der Waals surface area contributed by atoms with Gasteiger partial charge in [-0.05, 0) is 102 Å². The standard InChI is InChI=1S/C24H16F5NO5S2.C22H23F2NO5S2.CH4/c1-13-16-4-2-3-5-20(16)36-22(13)30(12-14-6-8-15(9-7-14)35-24(27,28)29)37(33,34)21-11-18(25)17(23(31)32)10-19(21)26;1-15-18-6-3-4-7-19(18)31-21(15)25(32(28,29)13-5-8-20(26)27)14-16-9-11-17(12-10-16)30-22(2,23)24;/h2-11H,12H2,1H3,(H,31,32);3-4,6-7,9-12H,5,8,13-14H2,1-2H3,(H,26,27);1H4. The van der Waals surface area contributed by atoms with E-state index in [1.54, 1.807) is 31.2 Å². The quantitative estimate of drug-likeness (QED) is 0.0838. The second kappa shape index (κ2) is 21.7. The molecule has 2 aromatic heterocycles. The number of hydrogen-bond donors (Lipinski definition) is 2. The fraction of sp³-hybridized carbons (Fsp3) is 0.234. The Kier molecular flexibility index (Phi) is 16.9. The maximum atomic E-state index is 14.9. The molecule has 0 atom stereocenters. The van der Waals surface area contributed by atoms with E-state index < -0.39 is 78.8 Å². The summed E-state index contributed by atoms with van der Waals surface area (Å²) in [7, 11) is -8.68. The Morgan fingerprint density at radius 2 is 1.11 bits per heavy atom. The summed E-state index contributed by atoms with van der Waals surface area (Å²) in [6.45, 7) is 3.64. The van der Waals surface area contributed by atoms with Crippen LogP contribution in [0.25, 0.3) is 20.2 Å². The maximum Gasteiger partial charge on any atom is 0.573 e. The average Bonchev–Trinajstić information content (AvgIpc) is 3.77. The van der Waals surface area contributed by atoms with E-state index in [1.165, 1.54) is 52.0 Å². The maximum absolute atomic E-state index is 14.9. The summed E-state index contributed by atoms with van der Waals surface area (Å²) < 4.78 is 159. The monoisotopic (exact) mass is 1060 g/mol. The van der Waals surface area contributed by atoms with Gasteiger partial charge in [0.25, 0.3) is 10.0 Å². The Morgan fingerprint density at radius 3 is 1.56 bits per heavy atom. The van der Waals surface area contributed by atoms with Crippen LogP contribution in [-0.2, 0) is 37.9 Å². The van der Waals surface area contributed by atoms with Crippen LogP contribution in [0.4, 0.5) is 40.7 Å². The van der Waals surface area contributed by atoms with Crippen LogP contribution in [0, 0.1) is 25.5 Å². The molecule has 23 heteroatoms. The minimum absolute atomic E-state index is 0. The molecule has 5 aromatic carbocycles. The third-order valence-electron chi connectivity index (χ3n) is 10.1. The van der Waals surface area contributed by atoms with Crippen LogP contribution in [0.15, 0.2) is 114 Å². The molecule has 0 radical (unpaired) electrons. The van der Waals surface area contributed by atoms with Gasteiger partial charge < -0.3 is 19.7 Å². The van der Waals surface area contributed by atoms with Crippen molar-refractivity contribution < 1.29 is 76.8 Å². The van der Waals surface area contributed by atoms with Crippen molar-refractivity contribution in [3.8, 4) is 11.5 Å². The molecule has 0 saturated heterocycles. The van der Waals surface area contributed by atoms with Crippen molar-refractivity contribution in [2.24, 2.45) is 0 Å². The van der Waals surface area contributed by atoms with Crippen molar-refractivity contribution in [1.82, 2.24) is 0 Å². The number of halogens is 7. The summed E-state index contributed by atoms with van der Waals surface area (Å²) in [5, 5.41) is 20.3. The van der Waals surface area contributed by atoms with Gasteiger partial charge in [-0.15, -0.1) is 35.8 Å². The van der Waals surface area contributed by atoms with Gasteiger partial charge in [0.05, 0.1) is 24.4 Å². The number of aromatic carboxylic acids is 1. The van der Waals surface area contributed by atoms with Crippen LogP contribution in [-0.4, -0.2) is 57.2 Å². The number of rotatable bonds is 17. The molecule has 70 heavy (non-hydrogen) atoms. The highest BCUT2D eigenvalue weighted by Crippen LogP contribution is 2.42. The van der Waals surface area contributed by atoms with Crippen LogP contribution >= 0.6 is 22.7 Å². The largest absolute Gasteiger partial charge is 0.573 e. The Bertz CT molecular complexity index is 3230. The average molecular weight is 1060 g/mol. The number of aryl methyl sites for hydroxylation is 2. The second-order valence-electron chi connectivity index (χ2n) is 15.2. The zero-order chi connectivity index (χ0) is 50.6. The molecule has 2 N–H and O–H groups in total. The molecule has 0 aliphatic rings. The number of nitrogens with zero attached hydrogens (tertiary/aromatic N) is 2. The zero-order valence-corrected chi connectivity index (χ0v) is 39.5. The molecule has 2 heterocycles. The molecule has 0 saturated carbocycles. The van der Waals surface area contributed by atoms with Crippen LogP contribution < -0.4 is 18.1 Å². The van der Waals surface area contributed by atoms with Crippen molar-refractivity contribution in [2.75, 3.05) is 14.4 Å². The molecular formula is C47H43F7N2O10S4. The molecule has 0 spiro atoms. The van der Waals surface area contributed by atoms with E-state index in [4.69, 9.17) is 10.2 Å². The highest BCUT2D eigenvalue weighted by molar-refractivity contribution is 7.93. The van der Waals surface area contributed by atoms with Crippen LogP contribution in [0.5, 0.6) is 11.5 Å². The summed E-state index contributed by atoms with van der Waals surface area (Å²) in [5.41, 5.74) is 1.08. The van der Waals surface area contributed by atoms with Gasteiger partial charge in [-0.1, -0.05) is 68.1 Å². The number of ether oxygens (including phenoxy) is 2. The van der Waals surface area contributed by atoms with E-state index in [2.05, 4.69) is 9.47 Å². The third-order valence-corrected chi connectivity index (χ3v) is 16.4. The lowest BCUT2D eigenvalue weighted by atomic mass is 10.2. The van der Waals surface area contributed by atoms with E-state index in [1.807, 2.05) is 31.2 Å². The van der Waals surface area contributed by atoms with E-state index >= 15 is 0 Å². The summed E-state index contributed by atoms with van der Waals surface area (Å²) in [6, 6.07) is 25.3. The number of thiophene rings is 2. The SMILES string of the molecule is C.Cc1c(N(Cc2ccc(OC(C)(F)F)cc2)S(=O)(=O)CCCC(=O)O)sc2ccccc12.Cc1c(N(Cc2ccc(OC(F)(F)F)cc2)S(=O)(=O)c2cc(F)c(C(=O)O)cc2F)sc2ccccc12. The highest BCUT2D eigenvalue weighted by Gasteiger charge is 2.34. The van der Waals surface area contributed by atoms with Crippen molar-refractivity contribution >= 4 is 84.8 Å². The van der Waals surface area contributed by atoms with Gasteiger partial charge in [0, 0.05) is 22.7 Å². The van der Waals surface area contributed by atoms with Gasteiger partial charge in [-0.2, -0.15) is 8.78 Å². The molecule has 7 aromatic rings. The second-order valence-corrected chi connectivity index (χ2v) is 21.1. The van der Waals surface area contributed by atoms with E-state index in [0.29, 0.717) is 39.2 Å². The van der Waals surface area contributed by atoms with Crippen LogP contribution in [0.1, 0.15) is 59.8 Å². The fourth-order valence-corrected chi connectivity index (χ4v) is 12.9. The lowest BCUT2D eigenvalue weighted by Crippen LogP contribution is -2.32. The van der Waals surface area contributed by atoms with Gasteiger partial charge in [-0.25, -0.2) is 30.4 Å². The molecule has 374 valence electrons. The summed E-state index contributed by atoms with van der Waals surface area (Å²) >= 11 is 2.40. The molecule has 12 nitrogen and oxygen atoms in total. The van der Waals surface area contributed by atoms with Gasteiger partial charge in [0.2, 0.25) is 10.0 Å². The van der Waals surface area contributed by atoms with E-state index in [-0.39, 0.29) is 54.9 Å². The summed E-state index contributed by atoms with van der Waals surface area (Å²) in [6.07, 6.45) is -8.52. The molecule has 0 unspecified atom stereocenters. The van der Waals surface area contributed by atoms with Crippen LogP contribution in [0.2, 0.25) is 0 Å². The van der Waals surface area contributed by atoms with Crippen molar-refractivity contribution in [2.45, 2.75) is 71.5 Å². The third kappa shape index (κ3) is 13.2. The first-order valence-electron chi connectivity index (χ1n) is 20.2. The number of aliphatic carboxylic acids is 1. The van der Waals surface area contributed by atoms with E-state index in [9.17, 15) is 57.2 Å². The van der Waals surface area contributed by atoms with Crippen molar-refractivity contribution in [3.63, 3.8) is 0 Å². The molecule has 0 bridgehead atoms. The number of benzene rings is 5. The van der Waals surface area contributed by atoms with Crippen molar-refractivity contribution in [3.05, 3.63) is 149 Å². The Labute approximate surface area is 405 Å². The Hall–Kier alpha value is -6.43. The fourth-order valence-electron chi connectivity index (χ4n) is 6.88. The minimum atomic E-state index is -4.92. The number of fused-ring (bicyclic) bond motifs is 2. The molecule has 0 aliphatic heterocycles. The number of hydrogen-bond acceptors (Lipinski definition) is 10. The van der Waals surface area contributed by atoms with E-state index in [0.717, 1.165) is 43.4 Å². The summed E-state index contributed by atoms with van der Waals surface area (Å²) in [5.74, 6) is -6.65. The van der Waals surface area contributed by atoms with Gasteiger partial charge in [-0.3, -0.25) is 13.4 Å². The lowest BCUT2D eigenvalue weighted by Gasteiger charge is -2.24. The lowest BCUT2D eigenvalue weighted by molar-refractivity contribution is -0.274.